The number of rotatable bonds is 6. The van der Waals surface area contributed by atoms with Crippen molar-refractivity contribution in [2.45, 2.75) is 41.9 Å². The zero-order chi connectivity index (χ0) is 23.9. The Kier molecular flexibility index (Phi) is 7.00. The smallest absolute Gasteiger partial charge is 0.255 e. The highest BCUT2D eigenvalue weighted by atomic mass is 35.5. The first-order valence-electron chi connectivity index (χ1n) is 10.4. The van der Waals surface area contributed by atoms with Gasteiger partial charge in [0.15, 0.2) is 17.5 Å². The van der Waals surface area contributed by atoms with Gasteiger partial charge in [-0.1, -0.05) is 11.6 Å². The van der Waals surface area contributed by atoms with E-state index < -0.39 is 33.4 Å². The summed E-state index contributed by atoms with van der Waals surface area (Å²) in [5, 5.41) is 3.06. The molecule has 5 nitrogen and oxygen atoms in total. The van der Waals surface area contributed by atoms with Gasteiger partial charge in [0.05, 0.1) is 11.3 Å². The number of thioether (sulfide) groups is 1. The van der Waals surface area contributed by atoms with Crippen molar-refractivity contribution in [3.63, 3.8) is 0 Å². The molecule has 2 aliphatic rings. The minimum Gasteiger partial charge on any atom is -0.322 e. The van der Waals surface area contributed by atoms with E-state index in [0.717, 1.165) is 25.7 Å². The van der Waals surface area contributed by atoms with Gasteiger partial charge in [-0.3, -0.25) is 4.79 Å². The lowest BCUT2D eigenvalue weighted by atomic mass is 9.84. The van der Waals surface area contributed by atoms with Crippen molar-refractivity contribution in [1.82, 2.24) is 4.72 Å². The van der Waals surface area contributed by atoms with Crippen LogP contribution in [0.3, 0.4) is 0 Å². The lowest BCUT2D eigenvalue weighted by Crippen LogP contribution is -2.45. The molecule has 0 heterocycles. The molecule has 178 valence electrons. The van der Waals surface area contributed by atoms with Gasteiger partial charge in [-0.25, -0.2) is 26.3 Å². The Morgan fingerprint density at radius 1 is 1.06 bits per heavy atom. The van der Waals surface area contributed by atoms with Crippen LogP contribution >= 0.6 is 23.4 Å². The SMILES string of the molecule is CS(=O)(=O)NC1C2CC[C@H]1CC(Sc1cc(C(=O)Nc3cc(F)c(F)c(F)c3)ccc1Cl)C2. The van der Waals surface area contributed by atoms with Gasteiger partial charge >= 0.3 is 0 Å². The van der Waals surface area contributed by atoms with Crippen LogP contribution in [0, 0.1) is 29.3 Å². The molecule has 3 unspecified atom stereocenters. The fraction of sp³-hybridized carbons (Fsp3) is 0.409. The summed E-state index contributed by atoms with van der Waals surface area (Å²) >= 11 is 7.90. The van der Waals surface area contributed by atoms with E-state index in [1.165, 1.54) is 12.3 Å². The van der Waals surface area contributed by atoms with Gasteiger partial charge in [0, 0.05) is 39.6 Å². The second-order valence-corrected chi connectivity index (χ2v) is 12.1. The van der Waals surface area contributed by atoms with E-state index in [0.29, 0.717) is 22.1 Å². The topological polar surface area (TPSA) is 75.3 Å². The molecule has 2 aromatic rings. The second-order valence-electron chi connectivity index (χ2n) is 8.58. The number of hydrogen-bond donors (Lipinski definition) is 2. The van der Waals surface area contributed by atoms with Crippen molar-refractivity contribution < 1.29 is 26.4 Å². The first-order valence-corrected chi connectivity index (χ1v) is 13.5. The molecule has 1 amide bonds. The average molecular weight is 519 g/mol. The van der Waals surface area contributed by atoms with E-state index >= 15 is 0 Å². The van der Waals surface area contributed by atoms with Crippen molar-refractivity contribution in [1.29, 1.82) is 0 Å². The summed E-state index contributed by atoms with van der Waals surface area (Å²) in [6.07, 6.45) is 4.77. The predicted molar refractivity (Wildman–Crippen MR) is 123 cm³/mol. The first kappa shape index (κ1) is 24.4. The summed E-state index contributed by atoms with van der Waals surface area (Å²) in [5.41, 5.74) is 0.0382. The van der Waals surface area contributed by atoms with Crippen molar-refractivity contribution in [2.75, 3.05) is 11.6 Å². The summed E-state index contributed by atoms with van der Waals surface area (Å²) in [6.45, 7) is 0. The van der Waals surface area contributed by atoms with Gasteiger partial charge in [0.25, 0.3) is 5.91 Å². The maximum Gasteiger partial charge on any atom is 0.255 e. The van der Waals surface area contributed by atoms with Crippen LogP contribution in [0.15, 0.2) is 35.2 Å². The maximum absolute atomic E-state index is 13.4. The average Bonchev–Trinajstić information content (AvgIpc) is 2.94. The lowest BCUT2D eigenvalue weighted by Gasteiger charge is -2.35. The number of fused-ring (bicyclic) bond motifs is 2. The van der Waals surface area contributed by atoms with Gasteiger partial charge in [0.1, 0.15) is 0 Å². The molecule has 2 saturated carbocycles. The molecule has 0 aromatic heterocycles. The Morgan fingerprint density at radius 2 is 1.67 bits per heavy atom. The van der Waals surface area contributed by atoms with E-state index in [9.17, 15) is 26.4 Å². The van der Waals surface area contributed by atoms with E-state index in [-0.39, 0.29) is 34.4 Å². The molecule has 2 aromatic carbocycles. The number of carbonyl (C=O) groups excluding carboxylic acids is 1. The van der Waals surface area contributed by atoms with Crippen LogP contribution in [0.4, 0.5) is 18.9 Å². The predicted octanol–water partition coefficient (Wildman–Crippen LogP) is 5.21. The molecular weight excluding hydrogens is 497 g/mol. The zero-order valence-electron chi connectivity index (χ0n) is 17.6. The van der Waals surface area contributed by atoms with Gasteiger partial charge in [-0.15, -0.1) is 11.8 Å². The fourth-order valence-electron chi connectivity index (χ4n) is 4.75. The number of amides is 1. The summed E-state index contributed by atoms with van der Waals surface area (Å²) in [4.78, 5) is 13.3. The normalized spacial score (nSPS) is 24.6. The summed E-state index contributed by atoms with van der Waals surface area (Å²) in [7, 11) is -3.27. The quantitative estimate of drug-likeness (QED) is 0.515. The van der Waals surface area contributed by atoms with E-state index in [4.69, 9.17) is 11.6 Å². The third-order valence-electron chi connectivity index (χ3n) is 6.13. The molecule has 2 N–H and O–H groups in total. The fourth-order valence-corrected chi connectivity index (χ4v) is 7.31. The number of carbonyl (C=O) groups is 1. The highest BCUT2D eigenvalue weighted by Crippen LogP contribution is 2.48. The summed E-state index contributed by atoms with van der Waals surface area (Å²) in [6, 6.07) is 6.06. The number of hydrogen-bond acceptors (Lipinski definition) is 4. The maximum atomic E-state index is 13.4. The monoisotopic (exact) mass is 518 g/mol. The molecule has 0 saturated heterocycles. The number of anilines is 1. The molecule has 4 rings (SSSR count). The number of nitrogens with one attached hydrogen (secondary N) is 2. The highest BCUT2D eigenvalue weighted by Gasteiger charge is 2.44. The molecule has 2 aliphatic carbocycles. The van der Waals surface area contributed by atoms with Crippen LogP contribution < -0.4 is 10.0 Å². The van der Waals surface area contributed by atoms with Gasteiger partial charge in [-0.05, 0) is 55.7 Å². The molecule has 2 fully saturated rings. The number of sulfonamides is 1. The molecule has 0 aliphatic heterocycles. The summed E-state index contributed by atoms with van der Waals surface area (Å²) in [5.74, 6) is -4.50. The molecule has 33 heavy (non-hydrogen) atoms. The Hall–Kier alpha value is -1.75. The molecular formula is C22H22ClF3N2O3S2. The van der Waals surface area contributed by atoms with Gasteiger partial charge in [0.2, 0.25) is 10.0 Å². The second kappa shape index (κ2) is 9.48. The molecule has 4 atom stereocenters. The molecule has 11 heteroatoms. The van der Waals surface area contributed by atoms with Gasteiger partial charge < -0.3 is 5.32 Å². The van der Waals surface area contributed by atoms with Gasteiger partial charge in [-0.2, -0.15) is 0 Å². The van der Waals surface area contributed by atoms with E-state index in [2.05, 4.69) is 10.0 Å². The Labute approximate surface area is 199 Å². The Bertz CT molecular complexity index is 1160. The standard InChI is InChI=1S/C22H22ClF3N2O3S2/c1-33(30,31)28-21-11-2-3-12(21)7-15(6-11)32-19-8-13(4-5-16(19)23)22(29)27-14-9-17(24)20(26)18(25)10-14/h4-5,8-12,15,21,28H,2-3,6-7H2,1H3,(H,27,29)/t11-,12?,15?,21?/m0/s1. The molecule has 0 spiro atoms. The lowest BCUT2D eigenvalue weighted by molar-refractivity contribution is 0.102. The highest BCUT2D eigenvalue weighted by molar-refractivity contribution is 8.00. The van der Waals surface area contributed by atoms with Crippen molar-refractivity contribution >= 4 is 45.0 Å². The zero-order valence-corrected chi connectivity index (χ0v) is 20.0. The van der Waals surface area contributed by atoms with Crippen molar-refractivity contribution in [3.05, 3.63) is 58.4 Å². The first-order chi connectivity index (χ1) is 15.5. The van der Waals surface area contributed by atoms with Crippen LogP contribution in [0.5, 0.6) is 0 Å². The van der Waals surface area contributed by atoms with E-state index in [1.54, 1.807) is 23.9 Å². The minimum atomic E-state index is -3.27. The largest absolute Gasteiger partial charge is 0.322 e. The van der Waals surface area contributed by atoms with Crippen molar-refractivity contribution in [3.8, 4) is 0 Å². The van der Waals surface area contributed by atoms with Crippen LogP contribution in [0.25, 0.3) is 0 Å². The minimum absolute atomic E-state index is 0.0408. The third-order valence-corrected chi connectivity index (χ3v) is 8.59. The third kappa shape index (κ3) is 5.67. The molecule has 2 bridgehead atoms. The Balaban J connectivity index is 1.46. The number of benzene rings is 2. The number of halogens is 4. The Morgan fingerprint density at radius 3 is 2.24 bits per heavy atom. The van der Waals surface area contributed by atoms with E-state index in [1.807, 2.05) is 0 Å². The van der Waals surface area contributed by atoms with Crippen LogP contribution in [-0.2, 0) is 10.0 Å². The molecule has 0 radical (unpaired) electrons. The van der Waals surface area contributed by atoms with Crippen LogP contribution in [0.1, 0.15) is 36.0 Å². The van der Waals surface area contributed by atoms with Crippen LogP contribution in [0.2, 0.25) is 5.02 Å². The summed E-state index contributed by atoms with van der Waals surface area (Å²) < 4.78 is 66.2. The van der Waals surface area contributed by atoms with Crippen LogP contribution in [-0.4, -0.2) is 31.9 Å². The van der Waals surface area contributed by atoms with Crippen molar-refractivity contribution in [2.24, 2.45) is 11.8 Å².